The monoisotopic (exact) mass is 236 g/mol. The molecule has 0 fully saturated rings. The molecular formula is C12H13FN2S. The molecule has 0 saturated heterocycles. The molecular weight excluding hydrogens is 223 g/mol. The summed E-state index contributed by atoms with van der Waals surface area (Å²) in [5, 5.41) is 5.12. The summed E-state index contributed by atoms with van der Waals surface area (Å²) in [7, 11) is 0. The van der Waals surface area contributed by atoms with Gasteiger partial charge in [0.2, 0.25) is 0 Å². The Morgan fingerprint density at radius 2 is 2.25 bits per heavy atom. The van der Waals surface area contributed by atoms with Crippen LogP contribution in [0.15, 0.2) is 29.1 Å². The summed E-state index contributed by atoms with van der Waals surface area (Å²) < 4.78 is 13.6. The van der Waals surface area contributed by atoms with Crippen LogP contribution in [-0.2, 0) is 0 Å². The number of halogens is 1. The van der Waals surface area contributed by atoms with Crippen LogP contribution in [-0.4, -0.2) is 4.98 Å². The van der Waals surface area contributed by atoms with E-state index in [1.54, 1.807) is 22.9 Å². The molecule has 1 aromatic heterocycles. The van der Waals surface area contributed by atoms with Crippen LogP contribution in [0.3, 0.4) is 0 Å². The molecule has 1 unspecified atom stereocenters. The van der Waals surface area contributed by atoms with Crippen molar-refractivity contribution in [2.45, 2.75) is 19.9 Å². The molecule has 0 spiro atoms. The fourth-order valence-corrected chi connectivity index (χ4v) is 2.19. The zero-order valence-corrected chi connectivity index (χ0v) is 10.0. The van der Waals surface area contributed by atoms with Gasteiger partial charge in [-0.15, -0.1) is 11.3 Å². The average Bonchev–Trinajstić information content (AvgIpc) is 2.76. The largest absolute Gasteiger partial charge is 0.374 e. The Kier molecular flexibility index (Phi) is 3.19. The third-order valence-electron chi connectivity index (χ3n) is 2.48. The highest BCUT2D eigenvalue weighted by atomic mass is 32.1. The number of benzene rings is 1. The standard InChI is InChI=1S/C12H13FN2S/c1-8-4-3-5-10(13)12(8)15-9(2)11-6-16-7-14-11/h3-7,9,15H,1-2H3. The summed E-state index contributed by atoms with van der Waals surface area (Å²) in [6.45, 7) is 3.86. The Balaban J connectivity index is 2.21. The maximum atomic E-state index is 13.6. The van der Waals surface area contributed by atoms with E-state index in [4.69, 9.17) is 0 Å². The number of rotatable bonds is 3. The third kappa shape index (κ3) is 2.22. The van der Waals surface area contributed by atoms with E-state index < -0.39 is 0 Å². The van der Waals surface area contributed by atoms with Gasteiger partial charge in [-0.05, 0) is 25.5 Å². The SMILES string of the molecule is Cc1cccc(F)c1NC(C)c1cscn1. The van der Waals surface area contributed by atoms with Crippen LogP contribution in [0.5, 0.6) is 0 Å². The molecule has 1 atom stereocenters. The van der Waals surface area contributed by atoms with E-state index >= 15 is 0 Å². The first kappa shape index (κ1) is 11.1. The molecule has 1 heterocycles. The van der Waals surface area contributed by atoms with E-state index in [0.717, 1.165) is 11.3 Å². The predicted octanol–water partition coefficient (Wildman–Crippen LogP) is 3.76. The molecule has 2 nitrogen and oxygen atoms in total. The summed E-state index contributed by atoms with van der Waals surface area (Å²) in [6, 6.07) is 5.08. The summed E-state index contributed by atoms with van der Waals surface area (Å²) >= 11 is 1.54. The molecule has 0 aliphatic heterocycles. The van der Waals surface area contributed by atoms with E-state index in [-0.39, 0.29) is 11.9 Å². The van der Waals surface area contributed by atoms with Crippen molar-refractivity contribution in [3.8, 4) is 0 Å². The highest BCUT2D eigenvalue weighted by Gasteiger charge is 2.11. The minimum absolute atomic E-state index is 0.0156. The first-order chi connectivity index (χ1) is 7.68. The fraction of sp³-hybridized carbons (Fsp3) is 0.250. The van der Waals surface area contributed by atoms with Crippen molar-refractivity contribution in [3.05, 3.63) is 46.2 Å². The van der Waals surface area contributed by atoms with Gasteiger partial charge in [-0.1, -0.05) is 12.1 Å². The lowest BCUT2D eigenvalue weighted by atomic mass is 10.1. The number of nitrogens with zero attached hydrogens (tertiary/aromatic N) is 1. The van der Waals surface area contributed by atoms with Crippen LogP contribution in [0, 0.1) is 12.7 Å². The van der Waals surface area contributed by atoms with Crippen molar-refractivity contribution in [1.29, 1.82) is 0 Å². The van der Waals surface area contributed by atoms with E-state index in [1.165, 1.54) is 6.07 Å². The van der Waals surface area contributed by atoms with Gasteiger partial charge in [0.05, 0.1) is 22.9 Å². The lowest BCUT2D eigenvalue weighted by molar-refractivity contribution is 0.626. The molecule has 1 N–H and O–H groups in total. The van der Waals surface area contributed by atoms with Crippen LogP contribution in [0.1, 0.15) is 24.2 Å². The van der Waals surface area contributed by atoms with Crippen molar-refractivity contribution in [3.63, 3.8) is 0 Å². The minimum Gasteiger partial charge on any atom is -0.374 e. The predicted molar refractivity (Wildman–Crippen MR) is 65.3 cm³/mol. The second-order valence-corrected chi connectivity index (χ2v) is 4.43. The molecule has 0 aliphatic rings. The number of aromatic nitrogens is 1. The summed E-state index contributed by atoms with van der Waals surface area (Å²) in [4.78, 5) is 4.21. The zero-order valence-electron chi connectivity index (χ0n) is 9.20. The maximum Gasteiger partial charge on any atom is 0.146 e. The molecule has 0 aliphatic carbocycles. The first-order valence-corrected chi connectivity index (χ1v) is 6.02. The van der Waals surface area contributed by atoms with Crippen LogP contribution in [0.25, 0.3) is 0 Å². The van der Waals surface area contributed by atoms with Gasteiger partial charge in [0.25, 0.3) is 0 Å². The molecule has 0 radical (unpaired) electrons. The summed E-state index contributed by atoms with van der Waals surface area (Å²) in [6.07, 6.45) is 0. The fourth-order valence-electron chi connectivity index (χ4n) is 1.54. The number of anilines is 1. The normalized spacial score (nSPS) is 12.4. The van der Waals surface area contributed by atoms with Gasteiger partial charge in [-0.2, -0.15) is 0 Å². The van der Waals surface area contributed by atoms with Crippen molar-refractivity contribution in [2.24, 2.45) is 0 Å². The molecule has 16 heavy (non-hydrogen) atoms. The Morgan fingerprint density at radius 1 is 1.44 bits per heavy atom. The van der Waals surface area contributed by atoms with Gasteiger partial charge in [-0.25, -0.2) is 9.37 Å². The molecule has 1 aromatic carbocycles. The van der Waals surface area contributed by atoms with Gasteiger partial charge >= 0.3 is 0 Å². The minimum atomic E-state index is -0.220. The number of aryl methyl sites for hydroxylation is 1. The Bertz CT molecular complexity index is 448. The smallest absolute Gasteiger partial charge is 0.146 e. The van der Waals surface area contributed by atoms with Gasteiger partial charge in [0.15, 0.2) is 0 Å². The number of para-hydroxylation sites is 1. The maximum absolute atomic E-state index is 13.6. The van der Waals surface area contributed by atoms with Gasteiger partial charge in [0.1, 0.15) is 5.82 Å². The van der Waals surface area contributed by atoms with Crippen molar-refractivity contribution in [1.82, 2.24) is 4.98 Å². The lowest BCUT2D eigenvalue weighted by Crippen LogP contribution is -2.09. The van der Waals surface area contributed by atoms with Gasteiger partial charge in [0, 0.05) is 5.38 Å². The van der Waals surface area contributed by atoms with E-state index in [9.17, 15) is 4.39 Å². The van der Waals surface area contributed by atoms with E-state index in [0.29, 0.717) is 5.69 Å². The summed E-state index contributed by atoms with van der Waals surface area (Å²) in [5.41, 5.74) is 4.18. The van der Waals surface area contributed by atoms with Crippen LogP contribution in [0.4, 0.5) is 10.1 Å². The molecule has 0 amide bonds. The summed E-state index contributed by atoms with van der Waals surface area (Å²) in [5.74, 6) is -0.220. The zero-order chi connectivity index (χ0) is 11.5. The highest BCUT2D eigenvalue weighted by molar-refractivity contribution is 7.07. The Labute approximate surface area is 98.2 Å². The Morgan fingerprint density at radius 3 is 2.88 bits per heavy atom. The van der Waals surface area contributed by atoms with E-state index in [2.05, 4.69) is 10.3 Å². The number of hydrogen-bond donors (Lipinski definition) is 1. The third-order valence-corrected chi connectivity index (χ3v) is 3.08. The van der Waals surface area contributed by atoms with Crippen LogP contribution in [0.2, 0.25) is 0 Å². The van der Waals surface area contributed by atoms with Gasteiger partial charge in [-0.3, -0.25) is 0 Å². The van der Waals surface area contributed by atoms with Crippen LogP contribution < -0.4 is 5.32 Å². The average molecular weight is 236 g/mol. The van der Waals surface area contributed by atoms with E-state index in [1.807, 2.05) is 25.3 Å². The van der Waals surface area contributed by atoms with Crippen molar-refractivity contribution < 1.29 is 4.39 Å². The first-order valence-electron chi connectivity index (χ1n) is 5.08. The molecule has 2 rings (SSSR count). The molecule has 4 heteroatoms. The second-order valence-electron chi connectivity index (χ2n) is 3.71. The number of thiazole rings is 1. The topological polar surface area (TPSA) is 24.9 Å². The van der Waals surface area contributed by atoms with Crippen LogP contribution >= 0.6 is 11.3 Å². The van der Waals surface area contributed by atoms with Crippen molar-refractivity contribution in [2.75, 3.05) is 5.32 Å². The molecule has 84 valence electrons. The second kappa shape index (κ2) is 4.61. The van der Waals surface area contributed by atoms with Gasteiger partial charge < -0.3 is 5.32 Å². The number of nitrogens with one attached hydrogen (secondary N) is 1. The highest BCUT2D eigenvalue weighted by Crippen LogP contribution is 2.24. The molecule has 0 bridgehead atoms. The Hall–Kier alpha value is -1.42. The quantitative estimate of drug-likeness (QED) is 0.877. The molecule has 2 aromatic rings. The lowest BCUT2D eigenvalue weighted by Gasteiger charge is -2.15. The molecule has 0 saturated carbocycles. The van der Waals surface area contributed by atoms with Crippen molar-refractivity contribution >= 4 is 17.0 Å². The number of hydrogen-bond acceptors (Lipinski definition) is 3.